The van der Waals surface area contributed by atoms with Crippen molar-refractivity contribution in [3.05, 3.63) is 24.3 Å². The fourth-order valence-corrected chi connectivity index (χ4v) is 4.06. The lowest BCUT2D eigenvalue weighted by Gasteiger charge is -2.47. The summed E-state index contributed by atoms with van der Waals surface area (Å²) in [4.78, 5) is 25.4. The summed E-state index contributed by atoms with van der Waals surface area (Å²) in [5.41, 5.74) is -1.18. The summed E-state index contributed by atoms with van der Waals surface area (Å²) in [6, 6.07) is 7.10. The molecular formula is C19H27N3O3. The minimum atomic E-state index is -1.58. The van der Waals surface area contributed by atoms with Crippen molar-refractivity contribution in [2.45, 2.75) is 70.2 Å². The molecule has 0 saturated carbocycles. The third-order valence-corrected chi connectivity index (χ3v) is 4.84. The van der Waals surface area contributed by atoms with Crippen LogP contribution in [0.1, 0.15) is 47.5 Å². The number of ether oxygens (including phenoxy) is 1. The molecule has 1 saturated heterocycles. The van der Waals surface area contributed by atoms with Crippen LogP contribution in [0.25, 0.3) is 0 Å². The molecule has 1 atom stereocenters. The van der Waals surface area contributed by atoms with Gasteiger partial charge in [0.1, 0.15) is 5.75 Å². The summed E-state index contributed by atoms with van der Waals surface area (Å²) in [6.07, 6.45) is 1.58. The van der Waals surface area contributed by atoms with Gasteiger partial charge in [0, 0.05) is 17.1 Å². The second-order valence-corrected chi connectivity index (χ2v) is 8.56. The van der Waals surface area contributed by atoms with Crippen LogP contribution in [0, 0.1) is 0 Å². The predicted octanol–water partition coefficient (Wildman–Crippen LogP) is 2.20. The Balaban J connectivity index is 1.78. The van der Waals surface area contributed by atoms with Crippen LogP contribution >= 0.6 is 0 Å². The molecule has 1 aromatic carbocycles. The summed E-state index contributed by atoms with van der Waals surface area (Å²) >= 11 is 0. The van der Waals surface area contributed by atoms with Crippen molar-refractivity contribution in [2.75, 3.05) is 5.32 Å². The Morgan fingerprint density at radius 1 is 1.12 bits per heavy atom. The van der Waals surface area contributed by atoms with Crippen molar-refractivity contribution in [2.24, 2.45) is 0 Å². The number of amides is 2. The van der Waals surface area contributed by atoms with Crippen LogP contribution in [0.3, 0.4) is 0 Å². The molecule has 2 amide bonds. The Morgan fingerprint density at radius 3 is 2.36 bits per heavy atom. The van der Waals surface area contributed by atoms with E-state index in [1.54, 1.807) is 12.1 Å². The molecule has 136 valence electrons. The molecule has 2 aliphatic rings. The van der Waals surface area contributed by atoms with Crippen LogP contribution < -0.4 is 20.7 Å². The number of fused-ring (bicyclic) bond motifs is 1. The van der Waals surface area contributed by atoms with Crippen LogP contribution in [0.5, 0.6) is 5.75 Å². The molecule has 0 aromatic heterocycles. The standard InChI is InChI=1S/C19H27N3O3/c1-17(2)10-12(11-18(3,4)22-17)20-15(23)19(5)16(24)21-13-8-6-7-9-14(13)25-19/h6-9,12,22H,10-11H2,1-5H3,(H,20,23)(H,21,24)/t19-/m1/s1. The number of carbonyl (C=O) groups excluding carboxylic acids is 2. The molecule has 1 aromatic rings. The Labute approximate surface area is 148 Å². The van der Waals surface area contributed by atoms with E-state index < -0.39 is 17.4 Å². The van der Waals surface area contributed by atoms with Crippen molar-refractivity contribution in [1.29, 1.82) is 0 Å². The van der Waals surface area contributed by atoms with Gasteiger partial charge in [-0.3, -0.25) is 9.59 Å². The summed E-state index contributed by atoms with van der Waals surface area (Å²) in [7, 11) is 0. The molecular weight excluding hydrogens is 318 g/mol. The lowest BCUT2D eigenvalue weighted by molar-refractivity contribution is -0.147. The van der Waals surface area contributed by atoms with E-state index in [0.29, 0.717) is 11.4 Å². The van der Waals surface area contributed by atoms with Gasteiger partial charge in [-0.05, 0) is 59.6 Å². The second kappa shape index (κ2) is 5.73. The minimum Gasteiger partial charge on any atom is -0.466 e. The largest absolute Gasteiger partial charge is 0.466 e. The van der Waals surface area contributed by atoms with E-state index in [2.05, 4.69) is 43.6 Å². The number of piperidine rings is 1. The van der Waals surface area contributed by atoms with Crippen molar-refractivity contribution >= 4 is 17.5 Å². The number of anilines is 1. The average Bonchev–Trinajstić information content (AvgIpc) is 2.45. The van der Waals surface area contributed by atoms with Crippen LogP contribution in [-0.2, 0) is 9.59 Å². The molecule has 3 rings (SSSR count). The molecule has 6 heteroatoms. The van der Waals surface area contributed by atoms with Gasteiger partial charge in [0.2, 0.25) is 0 Å². The second-order valence-electron chi connectivity index (χ2n) is 8.56. The lowest BCUT2D eigenvalue weighted by Crippen LogP contribution is -2.65. The molecule has 6 nitrogen and oxygen atoms in total. The first-order chi connectivity index (χ1) is 11.5. The number of rotatable bonds is 2. The van der Waals surface area contributed by atoms with Crippen LogP contribution in [0.4, 0.5) is 5.69 Å². The molecule has 0 aliphatic carbocycles. The highest BCUT2D eigenvalue weighted by molar-refractivity contribution is 6.15. The van der Waals surface area contributed by atoms with Crippen LogP contribution in [0.15, 0.2) is 24.3 Å². The molecule has 0 unspecified atom stereocenters. The summed E-state index contributed by atoms with van der Waals surface area (Å²) in [5, 5.41) is 9.38. The Kier molecular flexibility index (Phi) is 4.06. The van der Waals surface area contributed by atoms with E-state index in [0.717, 1.165) is 12.8 Å². The first-order valence-corrected chi connectivity index (χ1v) is 8.71. The van der Waals surface area contributed by atoms with Crippen molar-refractivity contribution in [3.63, 3.8) is 0 Å². The van der Waals surface area contributed by atoms with Gasteiger partial charge in [0.25, 0.3) is 17.4 Å². The topological polar surface area (TPSA) is 79.5 Å². The first kappa shape index (κ1) is 17.7. The van der Waals surface area contributed by atoms with E-state index in [9.17, 15) is 9.59 Å². The highest BCUT2D eigenvalue weighted by atomic mass is 16.5. The van der Waals surface area contributed by atoms with Crippen molar-refractivity contribution in [1.82, 2.24) is 10.6 Å². The average molecular weight is 345 g/mol. The SMILES string of the molecule is CC1(C)CC(NC(=O)[C@@]2(C)Oc3ccccc3NC2=O)CC(C)(C)N1. The summed E-state index contributed by atoms with van der Waals surface area (Å²) in [6.45, 7) is 10.00. The number of hydrogen-bond acceptors (Lipinski definition) is 4. The molecule has 1 fully saturated rings. The first-order valence-electron chi connectivity index (χ1n) is 8.71. The third kappa shape index (κ3) is 3.49. The van der Waals surface area contributed by atoms with E-state index >= 15 is 0 Å². The van der Waals surface area contributed by atoms with Gasteiger partial charge < -0.3 is 20.7 Å². The lowest BCUT2D eigenvalue weighted by atomic mass is 9.79. The van der Waals surface area contributed by atoms with Gasteiger partial charge in [0.05, 0.1) is 5.69 Å². The fraction of sp³-hybridized carbons (Fsp3) is 0.579. The van der Waals surface area contributed by atoms with Gasteiger partial charge >= 0.3 is 0 Å². The van der Waals surface area contributed by atoms with E-state index in [-0.39, 0.29) is 17.1 Å². The summed E-state index contributed by atoms with van der Waals surface area (Å²) < 4.78 is 5.80. The predicted molar refractivity (Wildman–Crippen MR) is 96.6 cm³/mol. The van der Waals surface area contributed by atoms with Gasteiger partial charge in [-0.15, -0.1) is 0 Å². The zero-order chi connectivity index (χ0) is 18.5. The van der Waals surface area contributed by atoms with E-state index in [4.69, 9.17) is 4.74 Å². The van der Waals surface area contributed by atoms with Crippen molar-refractivity contribution in [3.8, 4) is 5.75 Å². The molecule has 2 aliphatic heterocycles. The molecule has 2 heterocycles. The maximum Gasteiger partial charge on any atom is 0.278 e. The van der Waals surface area contributed by atoms with Gasteiger partial charge in [-0.1, -0.05) is 12.1 Å². The molecule has 0 spiro atoms. The Bertz CT molecular complexity index is 698. The number of benzene rings is 1. The normalized spacial score (nSPS) is 27.6. The van der Waals surface area contributed by atoms with Crippen molar-refractivity contribution < 1.29 is 14.3 Å². The van der Waals surface area contributed by atoms with Gasteiger partial charge in [-0.25, -0.2) is 0 Å². The van der Waals surface area contributed by atoms with Crippen LogP contribution in [-0.4, -0.2) is 34.5 Å². The van der Waals surface area contributed by atoms with Gasteiger partial charge in [-0.2, -0.15) is 0 Å². The zero-order valence-corrected chi connectivity index (χ0v) is 15.5. The fourth-order valence-electron chi connectivity index (χ4n) is 4.06. The number of hydrogen-bond donors (Lipinski definition) is 3. The number of carbonyl (C=O) groups is 2. The van der Waals surface area contributed by atoms with E-state index in [1.807, 2.05) is 12.1 Å². The molecule has 25 heavy (non-hydrogen) atoms. The summed E-state index contributed by atoms with van der Waals surface area (Å²) in [5.74, 6) is -0.347. The number of nitrogens with one attached hydrogen (secondary N) is 3. The number of para-hydroxylation sites is 2. The smallest absolute Gasteiger partial charge is 0.278 e. The highest BCUT2D eigenvalue weighted by Crippen LogP contribution is 2.34. The minimum absolute atomic E-state index is 0.0239. The highest BCUT2D eigenvalue weighted by Gasteiger charge is 2.49. The Hall–Kier alpha value is -2.08. The molecule has 0 radical (unpaired) electrons. The quantitative estimate of drug-likeness (QED) is 0.718. The van der Waals surface area contributed by atoms with Gasteiger partial charge in [0.15, 0.2) is 0 Å². The molecule has 0 bridgehead atoms. The third-order valence-electron chi connectivity index (χ3n) is 4.84. The van der Waals surface area contributed by atoms with E-state index in [1.165, 1.54) is 6.92 Å². The Morgan fingerprint density at radius 2 is 1.72 bits per heavy atom. The zero-order valence-electron chi connectivity index (χ0n) is 15.5. The van der Waals surface area contributed by atoms with Crippen LogP contribution in [0.2, 0.25) is 0 Å². The maximum absolute atomic E-state index is 12.9. The maximum atomic E-state index is 12.9. The molecule has 3 N–H and O–H groups in total. The monoisotopic (exact) mass is 345 g/mol.